The van der Waals surface area contributed by atoms with Crippen LogP contribution in [-0.4, -0.2) is 5.96 Å². The van der Waals surface area contributed by atoms with Gasteiger partial charge in [-0.25, -0.2) is 0 Å². The third-order valence-corrected chi connectivity index (χ3v) is 1.87. The largest absolute Gasteiger partial charge is 0.370 e. The lowest BCUT2D eigenvalue weighted by molar-refractivity contribution is 0.896. The molecule has 0 fully saturated rings. The van der Waals surface area contributed by atoms with Gasteiger partial charge in [0.05, 0.1) is 0 Å². The van der Waals surface area contributed by atoms with Crippen LogP contribution in [0.25, 0.3) is 0 Å². The Bertz CT molecular complexity index is 285. The van der Waals surface area contributed by atoms with E-state index < -0.39 is 0 Å². The van der Waals surface area contributed by atoms with E-state index in [0.717, 1.165) is 10.0 Å². The lowest BCUT2D eigenvalue weighted by Gasteiger charge is -2.03. The summed E-state index contributed by atoms with van der Waals surface area (Å²) in [5.74, 6) is -0.00465. The van der Waals surface area contributed by atoms with Gasteiger partial charge in [0.15, 0.2) is 5.96 Å². The molecular weight excluding hydrogens is 214 g/mol. The summed E-state index contributed by atoms with van der Waals surface area (Å²) >= 11 is 3.36. The molecule has 1 aromatic rings. The first-order chi connectivity index (χ1) is 5.68. The van der Waals surface area contributed by atoms with Gasteiger partial charge in [0.2, 0.25) is 0 Å². The van der Waals surface area contributed by atoms with Gasteiger partial charge < -0.3 is 11.1 Å². The minimum atomic E-state index is -0.00465. The van der Waals surface area contributed by atoms with Gasteiger partial charge in [-0.1, -0.05) is 28.1 Å². The van der Waals surface area contributed by atoms with E-state index in [0.29, 0.717) is 6.54 Å². The lowest BCUT2D eigenvalue weighted by atomic mass is 10.2. The molecule has 12 heavy (non-hydrogen) atoms. The van der Waals surface area contributed by atoms with Gasteiger partial charge in [-0.3, -0.25) is 5.41 Å². The highest BCUT2D eigenvalue weighted by molar-refractivity contribution is 9.10. The number of nitrogens with two attached hydrogens (primary N) is 1. The Morgan fingerprint density at radius 2 is 2.33 bits per heavy atom. The molecule has 64 valence electrons. The average molecular weight is 224 g/mol. The van der Waals surface area contributed by atoms with Crippen molar-refractivity contribution < 1.29 is 0 Å². The average Bonchev–Trinajstić information content (AvgIpc) is 2.01. The third-order valence-electron chi connectivity index (χ3n) is 1.37. The summed E-state index contributed by atoms with van der Waals surface area (Å²) < 4.78 is 1.03. The third kappa shape index (κ3) is 2.92. The first-order valence-corrected chi connectivity index (χ1v) is 4.30. The van der Waals surface area contributed by atoms with Crippen molar-refractivity contribution >= 4 is 21.9 Å². The van der Waals surface area contributed by atoms with Crippen molar-refractivity contribution in [3.63, 3.8) is 0 Å². The number of rotatable bonds is 2. The van der Waals surface area contributed by atoms with Gasteiger partial charge in [0.1, 0.15) is 0 Å². The van der Waals surface area contributed by atoms with Crippen molar-refractivity contribution in [1.29, 1.82) is 5.41 Å². The zero-order valence-electron chi connectivity index (χ0n) is 6.47. The maximum atomic E-state index is 6.95. The van der Waals surface area contributed by atoms with Crippen LogP contribution in [-0.2, 0) is 6.54 Å². The van der Waals surface area contributed by atoms with Crippen molar-refractivity contribution in [2.24, 2.45) is 5.73 Å². The van der Waals surface area contributed by atoms with Crippen LogP contribution in [0, 0.1) is 5.41 Å². The Kier molecular flexibility index (Phi) is 3.10. The van der Waals surface area contributed by atoms with Gasteiger partial charge in [0, 0.05) is 11.0 Å². The molecule has 0 saturated carbocycles. The number of benzene rings is 1. The van der Waals surface area contributed by atoms with Gasteiger partial charge >= 0.3 is 0 Å². The minimum Gasteiger partial charge on any atom is -0.370 e. The Morgan fingerprint density at radius 3 is 2.92 bits per heavy atom. The first-order valence-electron chi connectivity index (χ1n) is 3.51. The summed E-state index contributed by atoms with van der Waals surface area (Å²) in [6.07, 6.45) is 0. The van der Waals surface area contributed by atoms with Crippen LogP contribution in [0.3, 0.4) is 0 Å². The Morgan fingerprint density at radius 1 is 1.58 bits per heavy atom. The quantitative estimate of drug-likeness (QED) is 0.525. The van der Waals surface area contributed by atoms with E-state index in [-0.39, 0.29) is 5.96 Å². The van der Waals surface area contributed by atoms with E-state index >= 15 is 0 Å². The van der Waals surface area contributed by atoms with Gasteiger partial charge in [-0.05, 0) is 17.7 Å². The summed E-state index contributed by atoms with van der Waals surface area (Å²) in [6.45, 7) is 0.592. The van der Waals surface area contributed by atoms with Crippen LogP contribution in [0.4, 0.5) is 0 Å². The molecule has 3 nitrogen and oxygen atoms in total. The Hall–Kier alpha value is -1.03. The van der Waals surface area contributed by atoms with E-state index in [2.05, 4.69) is 21.2 Å². The zero-order chi connectivity index (χ0) is 8.97. The van der Waals surface area contributed by atoms with Crippen molar-refractivity contribution in [2.75, 3.05) is 0 Å². The fourth-order valence-corrected chi connectivity index (χ4v) is 1.29. The molecule has 0 aliphatic carbocycles. The predicted octanol–water partition coefficient (Wildman–Crippen LogP) is 1.43. The SMILES string of the molecule is N=C(N)NCc1cccc([76Br])c1. The monoisotopic (exact) mass is 224 g/mol. The summed E-state index contributed by atoms with van der Waals surface area (Å²) in [7, 11) is 0. The second kappa shape index (κ2) is 4.11. The summed E-state index contributed by atoms with van der Waals surface area (Å²) in [5, 5.41) is 9.68. The predicted molar refractivity (Wildman–Crippen MR) is 52.9 cm³/mol. The smallest absolute Gasteiger partial charge is 0.185 e. The molecule has 0 saturated heterocycles. The zero-order valence-corrected chi connectivity index (χ0v) is 8.06. The normalized spacial score (nSPS) is 9.42. The van der Waals surface area contributed by atoms with E-state index in [1.165, 1.54) is 0 Å². The molecular formula is C8H10BrN3. The molecule has 0 aromatic heterocycles. The molecule has 0 unspecified atom stereocenters. The summed E-state index contributed by atoms with van der Waals surface area (Å²) in [5.41, 5.74) is 6.24. The Balaban J connectivity index is 2.57. The molecule has 1 rings (SSSR count). The summed E-state index contributed by atoms with van der Waals surface area (Å²) in [4.78, 5) is 0. The topological polar surface area (TPSA) is 61.9 Å². The maximum Gasteiger partial charge on any atom is 0.185 e. The number of hydrogen-bond acceptors (Lipinski definition) is 1. The Labute approximate surface area is 79.6 Å². The second-order valence-electron chi connectivity index (χ2n) is 2.40. The van der Waals surface area contributed by atoms with Crippen LogP contribution >= 0.6 is 15.9 Å². The van der Waals surface area contributed by atoms with Crippen molar-refractivity contribution in [1.82, 2.24) is 5.32 Å². The van der Waals surface area contributed by atoms with E-state index in [1.807, 2.05) is 24.3 Å². The standard InChI is InChI=1S/C8H10BrN3/c9-7-3-1-2-6(4-7)5-12-8(10)11/h1-4H,5H2,(H4,10,11,12)/i9-4. The molecule has 0 atom stereocenters. The van der Waals surface area contributed by atoms with Crippen molar-refractivity contribution in [2.45, 2.75) is 6.54 Å². The van der Waals surface area contributed by atoms with Crippen LogP contribution in [0.1, 0.15) is 5.56 Å². The summed E-state index contributed by atoms with van der Waals surface area (Å²) in [6, 6.07) is 7.86. The number of nitrogens with one attached hydrogen (secondary N) is 2. The molecule has 0 aliphatic heterocycles. The molecule has 0 radical (unpaired) electrons. The number of hydrogen-bond donors (Lipinski definition) is 3. The molecule has 4 heteroatoms. The van der Waals surface area contributed by atoms with Crippen LogP contribution < -0.4 is 11.1 Å². The lowest BCUT2D eigenvalue weighted by Crippen LogP contribution is -2.29. The van der Waals surface area contributed by atoms with Gasteiger partial charge in [-0.15, -0.1) is 0 Å². The van der Waals surface area contributed by atoms with E-state index in [1.54, 1.807) is 0 Å². The molecule has 0 bridgehead atoms. The molecule has 0 heterocycles. The molecule has 0 spiro atoms. The van der Waals surface area contributed by atoms with Crippen LogP contribution in [0.2, 0.25) is 0 Å². The first kappa shape index (κ1) is 9.06. The van der Waals surface area contributed by atoms with Gasteiger partial charge in [-0.2, -0.15) is 0 Å². The molecule has 1 aromatic carbocycles. The highest BCUT2D eigenvalue weighted by atomic mass is 75.9. The highest BCUT2D eigenvalue weighted by Gasteiger charge is 1.93. The minimum absolute atomic E-state index is 0.00465. The van der Waals surface area contributed by atoms with Gasteiger partial charge in [0.25, 0.3) is 0 Å². The number of halogens is 1. The second-order valence-corrected chi connectivity index (χ2v) is 3.31. The van der Waals surface area contributed by atoms with Crippen LogP contribution in [0.15, 0.2) is 28.7 Å². The highest BCUT2D eigenvalue weighted by Crippen LogP contribution is 2.10. The molecule has 0 aliphatic rings. The fourth-order valence-electron chi connectivity index (χ4n) is 0.844. The van der Waals surface area contributed by atoms with E-state index in [9.17, 15) is 0 Å². The van der Waals surface area contributed by atoms with Crippen LogP contribution in [0.5, 0.6) is 0 Å². The molecule has 4 N–H and O–H groups in total. The van der Waals surface area contributed by atoms with Crippen molar-refractivity contribution in [3.05, 3.63) is 34.3 Å². The van der Waals surface area contributed by atoms with Crippen molar-refractivity contribution in [3.8, 4) is 0 Å². The maximum absolute atomic E-state index is 6.95. The number of guanidine groups is 1. The van der Waals surface area contributed by atoms with E-state index in [4.69, 9.17) is 11.1 Å². The fraction of sp³-hybridized carbons (Fsp3) is 0.125. The molecule has 0 amide bonds.